The number of esters is 2. The third kappa shape index (κ3) is 5.00. The Balaban J connectivity index is 1.96. The highest BCUT2D eigenvalue weighted by atomic mass is 79.9. The van der Waals surface area contributed by atoms with Crippen LogP contribution in [0.3, 0.4) is 0 Å². The number of ether oxygens (including phenoxy) is 3. The first-order valence-corrected chi connectivity index (χ1v) is 9.49. The summed E-state index contributed by atoms with van der Waals surface area (Å²) in [6.07, 6.45) is 3.68. The Morgan fingerprint density at radius 1 is 0.931 bits per heavy atom. The predicted molar refractivity (Wildman–Crippen MR) is 114 cm³/mol. The van der Waals surface area contributed by atoms with E-state index < -0.39 is 11.9 Å². The summed E-state index contributed by atoms with van der Waals surface area (Å²) in [6, 6.07) is 12.6. The largest absolute Gasteiger partial charge is 0.493 e. The Morgan fingerprint density at radius 3 is 2.34 bits per heavy atom. The number of hydrogen-bond donors (Lipinski definition) is 0. The summed E-state index contributed by atoms with van der Waals surface area (Å²) in [4.78, 5) is 27.2. The van der Waals surface area contributed by atoms with Crippen LogP contribution in [0.4, 0.5) is 0 Å². The smallest absolute Gasteiger partial charge is 0.308 e. The van der Waals surface area contributed by atoms with Gasteiger partial charge in [-0.05, 0) is 35.9 Å². The average Bonchev–Trinajstić information content (AvgIpc) is 2.67. The van der Waals surface area contributed by atoms with E-state index in [2.05, 4.69) is 20.9 Å². The van der Waals surface area contributed by atoms with Crippen LogP contribution in [0, 0.1) is 0 Å². The van der Waals surface area contributed by atoms with E-state index in [1.54, 1.807) is 18.2 Å². The van der Waals surface area contributed by atoms with Crippen molar-refractivity contribution in [1.29, 1.82) is 0 Å². The normalized spacial score (nSPS) is 10.9. The van der Waals surface area contributed by atoms with Crippen LogP contribution in [0.2, 0.25) is 0 Å². The highest BCUT2D eigenvalue weighted by molar-refractivity contribution is 9.10. The minimum atomic E-state index is -0.428. The van der Waals surface area contributed by atoms with Crippen LogP contribution in [0.25, 0.3) is 23.1 Å². The van der Waals surface area contributed by atoms with E-state index in [4.69, 9.17) is 14.2 Å². The van der Waals surface area contributed by atoms with Crippen LogP contribution in [-0.4, -0.2) is 24.0 Å². The molecule has 0 radical (unpaired) electrons. The van der Waals surface area contributed by atoms with Gasteiger partial charge in [0.25, 0.3) is 0 Å². The van der Waals surface area contributed by atoms with Crippen LogP contribution >= 0.6 is 15.9 Å². The molecule has 0 saturated carbocycles. The molecule has 2 aromatic carbocycles. The van der Waals surface area contributed by atoms with Crippen molar-refractivity contribution in [2.45, 2.75) is 13.8 Å². The lowest BCUT2D eigenvalue weighted by molar-refractivity contribution is -0.132. The number of methoxy groups -OCH3 is 1. The second-order valence-corrected chi connectivity index (χ2v) is 6.96. The van der Waals surface area contributed by atoms with Gasteiger partial charge < -0.3 is 14.2 Å². The van der Waals surface area contributed by atoms with Gasteiger partial charge in [0.2, 0.25) is 0 Å². The molecular weight excluding hydrogens is 438 g/mol. The van der Waals surface area contributed by atoms with Crippen molar-refractivity contribution in [3.63, 3.8) is 0 Å². The van der Waals surface area contributed by atoms with Crippen LogP contribution < -0.4 is 14.2 Å². The molecule has 1 heterocycles. The van der Waals surface area contributed by atoms with E-state index in [-0.39, 0.29) is 0 Å². The Labute approximate surface area is 176 Å². The summed E-state index contributed by atoms with van der Waals surface area (Å²) < 4.78 is 16.4. The zero-order valence-electron chi connectivity index (χ0n) is 16.1. The fourth-order valence-corrected chi connectivity index (χ4v) is 3.17. The highest BCUT2D eigenvalue weighted by Crippen LogP contribution is 2.34. The molecule has 3 rings (SSSR count). The third-order valence-electron chi connectivity index (χ3n) is 3.93. The number of nitrogens with zero attached hydrogens (tertiary/aromatic N) is 1. The van der Waals surface area contributed by atoms with E-state index in [9.17, 15) is 9.59 Å². The Hall–Kier alpha value is -3.19. The minimum absolute atomic E-state index is 0.332. The molecule has 3 aromatic rings. The van der Waals surface area contributed by atoms with Crippen LogP contribution in [0.15, 0.2) is 46.9 Å². The topological polar surface area (TPSA) is 74.7 Å². The number of hydrogen-bond acceptors (Lipinski definition) is 6. The number of para-hydroxylation sites is 1. The molecule has 0 amide bonds. The van der Waals surface area contributed by atoms with E-state index in [1.807, 2.05) is 36.4 Å². The van der Waals surface area contributed by atoms with Gasteiger partial charge in [-0.15, -0.1) is 0 Å². The molecule has 6 nitrogen and oxygen atoms in total. The molecular formula is C22H18BrNO5. The summed E-state index contributed by atoms with van der Waals surface area (Å²) in [5, 5.41) is 0.870. The minimum Gasteiger partial charge on any atom is -0.493 e. The predicted octanol–water partition coefficient (Wildman–Crippen LogP) is 5.03. The van der Waals surface area contributed by atoms with Gasteiger partial charge in [-0.25, -0.2) is 4.98 Å². The van der Waals surface area contributed by atoms with Crippen molar-refractivity contribution in [1.82, 2.24) is 4.98 Å². The third-order valence-corrected chi connectivity index (χ3v) is 4.62. The van der Waals surface area contributed by atoms with Crippen LogP contribution in [0.1, 0.15) is 25.1 Å². The molecule has 0 N–H and O–H groups in total. The molecule has 0 bridgehead atoms. The van der Waals surface area contributed by atoms with Crippen molar-refractivity contribution < 1.29 is 23.8 Å². The summed E-state index contributed by atoms with van der Waals surface area (Å²) in [7, 11) is 1.51. The molecule has 0 saturated heterocycles. The average molecular weight is 456 g/mol. The van der Waals surface area contributed by atoms with E-state index >= 15 is 0 Å². The lowest BCUT2D eigenvalue weighted by Gasteiger charge is -2.10. The summed E-state index contributed by atoms with van der Waals surface area (Å²) >= 11 is 3.48. The van der Waals surface area contributed by atoms with Crippen molar-refractivity contribution in [2.75, 3.05) is 7.11 Å². The van der Waals surface area contributed by atoms with Crippen LogP contribution in [-0.2, 0) is 9.59 Å². The van der Waals surface area contributed by atoms with Gasteiger partial charge in [-0.1, -0.05) is 40.2 Å². The van der Waals surface area contributed by atoms with E-state index in [0.717, 1.165) is 15.4 Å². The number of benzene rings is 2. The molecule has 0 aliphatic carbocycles. The number of carbonyl (C=O) groups excluding carboxylic acids is 2. The molecule has 0 aliphatic heterocycles. The number of fused-ring (bicyclic) bond motifs is 1. The fourth-order valence-electron chi connectivity index (χ4n) is 2.71. The Kier molecular flexibility index (Phi) is 6.29. The highest BCUT2D eigenvalue weighted by Gasteiger charge is 2.11. The van der Waals surface area contributed by atoms with Crippen molar-refractivity contribution >= 4 is 50.9 Å². The second kappa shape index (κ2) is 8.87. The van der Waals surface area contributed by atoms with Crippen molar-refractivity contribution in [2.24, 2.45) is 0 Å². The number of pyridine rings is 1. The van der Waals surface area contributed by atoms with Gasteiger partial charge in [-0.3, -0.25) is 9.59 Å². The lowest BCUT2D eigenvalue weighted by atomic mass is 10.1. The fraction of sp³-hybridized carbons (Fsp3) is 0.136. The molecule has 7 heteroatoms. The number of aromatic nitrogens is 1. The second-order valence-electron chi connectivity index (χ2n) is 6.11. The van der Waals surface area contributed by atoms with Gasteiger partial charge in [0.1, 0.15) is 5.52 Å². The Morgan fingerprint density at radius 2 is 1.66 bits per heavy atom. The summed E-state index contributed by atoms with van der Waals surface area (Å²) in [5.41, 5.74) is 2.10. The molecule has 29 heavy (non-hydrogen) atoms. The van der Waals surface area contributed by atoms with Gasteiger partial charge >= 0.3 is 11.9 Å². The zero-order chi connectivity index (χ0) is 21.0. The van der Waals surface area contributed by atoms with Gasteiger partial charge in [0, 0.05) is 23.7 Å². The molecule has 1 aromatic heterocycles. The molecule has 0 spiro atoms. The first-order valence-electron chi connectivity index (χ1n) is 8.69. The lowest BCUT2D eigenvalue weighted by Crippen LogP contribution is -2.03. The van der Waals surface area contributed by atoms with Gasteiger partial charge in [0.05, 0.1) is 12.8 Å². The van der Waals surface area contributed by atoms with E-state index in [0.29, 0.717) is 28.5 Å². The maximum absolute atomic E-state index is 11.3. The Bertz CT molecular complexity index is 1120. The maximum atomic E-state index is 11.3. The number of carbonyl (C=O) groups is 2. The quantitative estimate of drug-likeness (QED) is 0.396. The molecule has 0 atom stereocenters. The van der Waals surface area contributed by atoms with Crippen LogP contribution in [0.5, 0.6) is 17.2 Å². The molecule has 0 fully saturated rings. The summed E-state index contributed by atoms with van der Waals surface area (Å²) in [6.45, 7) is 2.68. The maximum Gasteiger partial charge on any atom is 0.308 e. The zero-order valence-corrected chi connectivity index (χ0v) is 17.6. The van der Waals surface area contributed by atoms with Crippen molar-refractivity contribution in [3.8, 4) is 17.2 Å². The standard InChI is InChI=1S/C22H18BrNO5/c1-13(25)28-19-6-4-5-15-7-9-17(24-22(15)19)10-8-16-11-20(27-3)21(12-18(16)23)29-14(2)26/h4-12H,1-3H3/b10-8-. The van der Waals surface area contributed by atoms with E-state index in [1.165, 1.54) is 21.0 Å². The number of rotatable bonds is 5. The molecule has 148 valence electrons. The van der Waals surface area contributed by atoms with Gasteiger partial charge in [-0.2, -0.15) is 0 Å². The van der Waals surface area contributed by atoms with Gasteiger partial charge in [0.15, 0.2) is 17.2 Å². The molecule has 0 unspecified atom stereocenters. The first kappa shape index (κ1) is 20.5. The monoisotopic (exact) mass is 455 g/mol. The van der Waals surface area contributed by atoms with Crippen molar-refractivity contribution in [3.05, 3.63) is 58.2 Å². The summed E-state index contributed by atoms with van der Waals surface area (Å²) in [5.74, 6) is 0.357. The molecule has 0 aliphatic rings. The SMILES string of the molecule is COc1cc(/C=C\c2ccc3cccc(OC(C)=O)c3n2)c(Br)cc1OC(C)=O. The first-order chi connectivity index (χ1) is 13.9. The number of halogens is 1.